The second-order valence-electron chi connectivity index (χ2n) is 4.70. The van der Waals surface area contributed by atoms with Gasteiger partial charge in [0, 0.05) is 12.1 Å². The maximum absolute atomic E-state index is 13.6. The topological polar surface area (TPSA) is 49.3 Å². The number of aliphatic hydroxyl groups is 1. The van der Waals surface area contributed by atoms with Crippen LogP contribution in [0.1, 0.15) is 31.2 Å². The molecule has 0 spiro atoms. The van der Waals surface area contributed by atoms with Gasteiger partial charge in [-0.15, -0.1) is 0 Å². The van der Waals surface area contributed by atoms with E-state index in [-0.39, 0.29) is 18.1 Å². The van der Waals surface area contributed by atoms with Gasteiger partial charge in [-0.1, -0.05) is 18.3 Å². The number of nitrogens with one attached hydrogen (secondary N) is 1. The molecule has 19 heavy (non-hydrogen) atoms. The second kappa shape index (κ2) is 6.35. The van der Waals surface area contributed by atoms with Crippen molar-refractivity contribution in [3.8, 4) is 11.8 Å². The molecule has 3 nitrogen and oxygen atoms in total. The van der Waals surface area contributed by atoms with E-state index in [1.807, 2.05) is 0 Å². The summed E-state index contributed by atoms with van der Waals surface area (Å²) in [6.45, 7) is -0.306. The van der Waals surface area contributed by atoms with Crippen molar-refractivity contribution in [3.05, 3.63) is 29.6 Å². The third-order valence-electron chi connectivity index (χ3n) is 3.25. The first-order valence-corrected chi connectivity index (χ1v) is 6.38. The molecule has 100 valence electrons. The van der Waals surface area contributed by atoms with Crippen LogP contribution in [0.5, 0.6) is 0 Å². The van der Waals surface area contributed by atoms with Crippen LogP contribution in [0.3, 0.4) is 0 Å². The van der Waals surface area contributed by atoms with Crippen LogP contribution in [-0.4, -0.2) is 17.6 Å². The van der Waals surface area contributed by atoms with Gasteiger partial charge >= 0.3 is 0 Å². The van der Waals surface area contributed by atoms with Crippen LogP contribution in [0, 0.1) is 23.6 Å². The summed E-state index contributed by atoms with van der Waals surface area (Å²) < 4.78 is 13.6. The van der Waals surface area contributed by atoms with Crippen molar-refractivity contribution in [2.75, 3.05) is 11.9 Å². The first kappa shape index (κ1) is 13.6. The van der Waals surface area contributed by atoms with E-state index in [1.165, 1.54) is 18.6 Å². The quantitative estimate of drug-likeness (QED) is 0.820. The summed E-state index contributed by atoms with van der Waals surface area (Å²) in [4.78, 5) is 11.7. The molecule has 1 aromatic rings. The zero-order chi connectivity index (χ0) is 13.7. The Bertz CT molecular complexity index is 527. The highest BCUT2D eigenvalue weighted by Gasteiger charge is 2.20. The molecule has 2 rings (SSSR count). The van der Waals surface area contributed by atoms with Crippen molar-refractivity contribution in [1.82, 2.24) is 0 Å². The Morgan fingerprint density at radius 2 is 2.26 bits per heavy atom. The smallest absolute Gasteiger partial charge is 0.224 e. The number of carbonyl (C=O) groups excluding carboxylic acids is 1. The SMILES string of the molecule is O=C(CC1CCC1)Nc1ccc(C#CCO)c(F)c1. The first-order valence-electron chi connectivity index (χ1n) is 6.38. The van der Waals surface area contributed by atoms with E-state index in [9.17, 15) is 9.18 Å². The average Bonchev–Trinajstić information content (AvgIpc) is 2.33. The van der Waals surface area contributed by atoms with Gasteiger partial charge in [0.15, 0.2) is 0 Å². The van der Waals surface area contributed by atoms with E-state index in [2.05, 4.69) is 17.2 Å². The largest absolute Gasteiger partial charge is 0.384 e. The van der Waals surface area contributed by atoms with Crippen molar-refractivity contribution in [1.29, 1.82) is 0 Å². The van der Waals surface area contributed by atoms with Crippen molar-refractivity contribution in [3.63, 3.8) is 0 Å². The Morgan fingerprint density at radius 1 is 1.47 bits per heavy atom. The van der Waals surface area contributed by atoms with E-state index >= 15 is 0 Å². The summed E-state index contributed by atoms with van der Waals surface area (Å²) in [6, 6.07) is 4.36. The summed E-state index contributed by atoms with van der Waals surface area (Å²) in [5.74, 6) is 4.81. The van der Waals surface area contributed by atoms with E-state index in [0.717, 1.165) is 12.8 Å². The average molecular weight is 261 g/mol. The molecule has 0 aliphatic heterocycles. The molecule has 1 amide bonds. The van der Waals surface area contributed by atoms with Crippen molar-refractivity contribution >= 4 is 11.6 Å². The lowest BCUT2D eigenvalue weighted by atomic mass is 9.83. The van der Waals surface area contributed by atoms with E-state index in [4.69, 9.17) is 5.11 Å². The van der Waals surface area contributed by atoms with Crippen LogP contribution < -0.4 is 5.32 Å². The molecule has 1 aromatic carbocycles. The maximum Gasteiger partial charge on any atom is 0.224 e. The molecular weight excluding hydrogens is 245 g/mol. The van der Waals surface area contributed by atoms with Crippen LogP contribution >= 0.6 is 0 Å². The fourth-order valence-corrected chi connectivity index (χ4v) is 2.00. The number of hydrogen-bond donors (Lipinski definition) is 2. The number of amides is 1. The molecular formula is C15H16FNO2. The number of halogens is 1. The summed E-state index contributed by atoms with van der Waals surface area (Å²) in [6.07, 6.45) is 3.92. The molecule has 1 fully saturated rings. The van der Waals surface area contributed by atoms with Crippen molar-refractivity contribution in [2.24, 2.45) is 5.92 Å². The third-order valence-corrected chi connectivity index (χ3v) is 3.25. The fraction of sp³-hybridized carbons (Fsp3) is 0.400. The van der Waals surface area contributed by atoms with Crippen molar-refractivity contribution < 1.29 is 14.3 Å². The lowest BCUT2D eigenvalue weighted by molar-refractivity contribution is -0.117. The Kier molecular flexibility index (Phi) is 4.53. The predicted octanol–water partition coefficient (Wildman–Crippen LogP) is 2.30. The molecule has 0 saturated heterocycles. The Hall–Kier alpha value is -1.86. The van der Waals surface area contributed by atoms with Gasteiger partial charge in [-0.3, -0.25) is 4.79 Å². The molecule has 4 heteroatoms. The predicted molar refractivity (Wildman–Crippen MR) is 71.0 cm³/mol. The van der Waals surface area contributed by atoms with Crippen LogP contribution in [0.4, 0.5) is 10.1 Å². The number of aliphatic hydroxyl groups excluding tert-OH is 1. The van der Waals surface area contributed by atoms with E-state index in [0.29, 0.717) is 18.0 Å². The standard InChI is InChI=1S/C15H16FNO2/c16-14-10-13(7-6-12(14)5-2-8-18)17-15(19)9-11-3-1-4-11/h6-7,10-11,18H,1,3-4,8-9H2,(H,17,19). The Morgan fingerprint density at radius 3 is 2.84 bits per heavy atom. The van der Waals surface area contributed by atoms with Crippen LogP contribution in [-0.2, 0) is 4.79 Å². The first-order chi connectivity index (χ1) is 9.19. The lowest BCUT2D eigenvalue weighted by Gasteiger charge is -2.24. The fourth-order valence-electron chi connectivity index (χ4n) is 2.00. The van der Waals surface area contributed by atoms with Gasteiger partial charge < -0.3 is 10.4 Å². The number of carbonyl (C=O) groups is 1. The molecule has 0 heterocycles. The summed E-state index contributed by atoms with van der Waals surface area (Å²) >= 11 is 0. The van der Waals surface area contributed by atoms with Crippen LogP contribution in [0.15, 0.2) is 18.2 Å². The highest BCUT2D eigenvalue weighted by molar-refractivity contribution is 5.90. The Labute approximate surface area is 111 Å². The molecule has 0 atom stereocenters. The van der Waals surface area contributed by atoms with Gasteiger partial charge in [0.1, 0.15) is 12.4 Å². The minimum absolute atomic E-state index is 0.0710. The normalized spacial score (nSPS) is 14.2. The third kappa shape index (κ3) is 3.80. The maximum atomic E-state index is 13.6. The van der Waals surface area contributed by atoms with Gasteiger partial charge in [-0.25, -0.2) is 4.39 Å². The zero-order valence-electron chi connectivity index (χ0n) is 10.6. The number of anilines is 1. The van der Waals surface area contributed by atoms with Crippen molar-refractivity contribution in [2.45, 2.75) is 25.7 Å². The highest BCUT2D eigenvalue weighted by Crippen LogP contribution is 2.29. The van der Waals surface area contributed by atoms with E-state index in [1.54, 1.807) is 6.07 Å². The molecule has 1 aliphatic rings. The van der Waals surface area contributed by atoms with Gasteiger partial charge in [0.2, 0.25) is 5.91 Å². The van der Waals surface area contributed by atoms with Gasteiger partial charge in [0.25, 0.3) is 0 Å². The molecule has 1 saturated carbocycles. The second-order valence-corrected chi connectivity index (χ2v) is 4.70. The summed E-state index contributed by atoms with van der Waals surface area (Å²) in [5, 5.41) is 11.2. The molecule has 0 aromatic heterocycles. The summed E-state index contributed by atoms with van der Waals surface area (Å²) in [5.41, 5.74) is 0.655. The molecule has 0 unspecified atom stereocenters. The van der Waals surface area contributed by atoms with Gasteiger partial charge in [-0.2, -0.15) is 0 Å². The minimum atomic E-state index is -0.498. The molecule has 1 aliphatic carbocycles. The van der Waals surface area contributed by atoms with Gasteiger partial charge in [-0.05, 0) is 37.0 Å². The zero-order valence-corrected chi connectivity index (χ0v) is 10.6. The number of hydrogen-bond acceptors (Lipinski definition) is 2. The number of rotatable bonds is 3. The van der Waals surface area contributed by atoms with E-state index < -0.39 is 5.82 Å². The molecule has 0 bridgehead atoms. The number of benzene rings is 1. The Balaban J connectivity index is 1.96. The molecule has 0 radical (unpaired) electrons. The summed E-state index contributed by atoms with van der Waals surface area (Å²) in [7, 11) is 0. The highest BCUT2D eigenvalue weighted by atomic mass is 19.1. The minimum Gasteiger partial charge on any atom is -0.384 e. The molecule has 2 N–H and O–H groups in total. The van der Waals surface area contributed by atoms with Crippen LogP contribution in [0.2, 0.25) is 0 Å². The lowest BCUT2D eigenvalue weighted by Crippen LogP contribution is -2.20. The van der Waals surface area contributed by atoms with Crippen LogP contribution in [0.25, 0.3) is 0 Å². The monoisotopic (exact) mass is 261 g/mol. The van der Waals surface area contributed by atoms with Gasteiger partial charge in [0.05, 0.1) is 5.56 Å².